The van der Waals surface area contributed by atoms with Crippen LogP contribution in [0.15, 0.2) is 12.1 Å². The number of hydrogen-bond acceptors (Lipinski definition) is 5. The van der Waals surface area contributed by atoms with Gasteiger partial charge in [0.25, 0.3) is 5.69 Å². The monoisotopic (exact) mass is 395 g/mol. The van der Waals surface area contributed by atoms with Crippen molar-refractivity contribution >= 4 is 23.2 Å². The molecule has 8 heteroatoms. The lowest BCUT2D eigenvalue weighted by molar-refractivity contribution is -0.385. The van der Waals surface area contributed by atoms with Gasteiger partial charge in [0.15, 0.2) is 0 Å². The molecule has 2 saturated heterocycles. The standard InChI is InChI=1S/C19H26ClN3O4/c1-13-11-21(5-6-22(13)19(24)15-3-7-27-8-4-15)12-16-9-17(20)10-18(14(16)2)23(25)26/h9-10,13,15H,3-8,11-12H2,1-2H3. The molecule has 1 amide bonds. The number of nitrogens with zero attached hydrogens (tertiary/aromatic N) is 3. The van der Waals surface area contributed by atoms with Crippen LogP contribution in [0, 0.1) is 23.0 Å². The van der Waals surface area contributed by atoms with Crippen molar-refractivity contribution < 1.29 is 14.5 Å². The molecule has 2 heterocycles. The number of halogens is 1. The van der Waals surface area contributed by atoms with Crippen LogP contribution < -0.4 is 0 Å². The first-order chi connectivity index (χ1) is 12.9. The third-order valence-corrected chi connectivity index (χ3v) is 5.83. The Balaban J connectivity index is 1.65. The summed E-state index contributed by atoms with van der Waals surface area (Å²) in [5, 5.41) is 11.6. The summed E-state index contributed by atoms with van der Waals surface area (Å²) in [6.45, 7) is 7.92. The zero-order chi connectivity index (χ0) is 19.6. The fourth-order valence-corrected chi connectivity index (χ4v) is 4.23. The molecule has 1 atom stereocenters. The number of carbonyl (C=O) groups excluding carboxylic acids is 1. The highest BCUT2D eigenvalue weighted by Crippen LogP contribution is 2.28. The highest BCUT2D eigenvalue weighted by molar-refractivity contribution is 6.30. The van der Waals surface area contributed by atoms with Crippen LogP contribution in [0.1, 0.15) is 30.9 Å². The van der Waals surface area contributed by atoms with E-state index in [0.29, 0.717) is 36.9 Å². The van der Waals surface area contributed by atoms with Crippen LogP contribution in [0.3, 0.4) is 0 Å². The van der Waals surface area contributed by atoms with E-state index >= 15 is 0 Å². The highest BCUT2D eigenvalue weighted by atomic mass is 35.5. The normalized spacial score (nSPS) is 22.0. The van der Waals surface area contributed by atoms with Crippen molar-refractivity contribution in [3.8, 4) is 0 Å². The Hall–Kier alpha value is -1.70. The lowest BCUT2D eigenvalue weighted by atomic mass is 9.97. The number of benzene rings is 1. The van der Waals surface area contributed by atoms with Crippen LogP contribution in [-0.2, 0) is 16.1 Å². The first kappa shape index (κ1) is 20.0. The van der Waals surface area contributed by atoms with Gasteiger partial charge in [0, 0.05) is 68.0 Å². The van der Waals surface area contributed by atoms with Gasteiger partial charge in [-0.15, -0.1) is 0 Å². The Bertz CT molecular complexity index is 721. The van der Waals surface area contributed by atoms with E-state index < -0.39 is 4.92 Å². The molecule has 27 heavy (non-hydrogen) atoms. The lowest BCUT2D eigenvalue weighted by Gasteiger charge is -2.42. The molecule has 0 radical (unpaired) electrons. The van der Waals surface area contributed by atoms with Crippen molar-refractivity contribution in [1.29, 1.82) is 0 Å². The van der Waals surface area contributed by atoms with Crippen LogP contribution in [-0.4, -0.2) is 59.5 Å². The average Bonchev–Trinajstić information content (AvgIpc) is 2.64. The lowest BCUT2D eigenvalue weighted by Crippen LogP contribution is -2.55. The molecule has 0 aromatic heterocycles. The third kappa shape index (κ3) is 4.59. The summed E-state index contributed by atoms with van der Waals surface area (Å²) in [6.07, 6.45) is 1.61. The Labute approximate surface area is 164 Å². The van der Waals surface area contributed by atoms with E-state index in [-0.39, 0.29) is 23.6 Å². The van der Waals surface area contributed by atoms with Gasteiger partial charge in [0.2, 0.25) is 5.91 Å². The van der Waals surface area contributed by atoms with Gasteiger partial charge in [0.05, 0.1) is 4.92 Å². The molecule has 2 fully saturated rings. The largest absolute Gasteiger partial charge is 0.381 e. The summed E-state index contributed by atoms with van der Waals surface area (Å²) in [7, 11) is 0. The smallest absolute Gasteiger partial charge is 0.274 e. The summed E-state index contributed by atoms with van der Waals surface area (Å²) in [6, 6.07) is 3.31. The molecule has 148 valence electrons. The molecule has 7 nitrogen and oxygen atoms in total. The number of nitro benzene ring substituents is 1. The average molecular weight is 396 g/mol. The third-order valence-electron chi connectivity index (χ3n) is 5.61. The molecule has 1 aromatic carbocycles. The van der Waals surface area contributed by atoms with Gasteiger partial charge in [-0.1, -0.05) is 11.6 Å². The maximum absolute atomic E-state index is 12.8. The second kappa shape index (κ2) is 8.54. The van der Waals surface area contributed by atoms with Gasteiger partial charge in [0.1, 0.15) is 0 Å². The Kier molecular flexibility index (Phi) is 6.34. The predicted octanol–water partition coefficient (Wildman–Crippen LogP) is 3.02. The minimum Gasteiger partial charge on any atom is -0.381 e. The van der Waals surface area contributed by atoms with Crippen molar-refractivity contribution in [2.45, 2.75) is 39.3 Å². The van der Waals surface area contributed by atoms with Gasteiger partial charge in [-0.3, -0.25) is 19.8 Å². The number of amides is 1. The van der Waals surface area contributed by atoms with Crippen LogP contribution in [0.4, 0.5) is 5.69 Å². The first-order valence-corrected chi connectivity index (χ1v) is 9.78. The maximum Gasteiger partial charge on any atom is 0.274 e. The van der Waals surface area contributed by atoms with E-state index in [2.05, 4.69) is 11.8 Å². The van der Waals surface area contributed by atoms with Crippen LogP contribution in [0.5, 0.6) is 0 Å². The zero-order valence-corrected chi connectivity index (χ0v) is 16.6. The molecule has 0 N–H and O–H groups in total. The second-order valence-corrected chi connectivity index (χ2v) is 7.90. The van der Waals surface area contributed by atoms with Crippen LogP contribution >= 0.6 is 11.6 Å². The molecular formula is C19H26ClN3O4. The van der Waals surface area contributed by atoms with Gasteiger partial charge >= 0.3 is 0 Å². The minimum atomic E-state index is -0.391. The van der Waals surface area contributed by atoms with Crippen LogP contribution in [0.2, 0.25) is 5.02 Å². The summed E-state index contributed by atoms with van der Waals surface area (Å²) >= 11 is 6.08. The molecule has 2 aliphatic rings. The number of rotatable bonds is 4. The second-order valence-electron chi connectivity index (χ2n) is 7.47. The van der Waals surface area contributed by atoms with E-state index in [0.717, 1.165) is 31.5 Å². The van der Waals surface area contributed by atoms with Crippen molar-refractivity contribution in [2.24, 2.45) is 5.92 Å². The Morgan fingerprint density at radius 2 is 2.04 bits per heavy atom. The highest BCUT2D eigenvalue weighted by Gasteiger charge is 2.33. The predicted molar refractivity (Wildman–Crippen MR) is 103 cm³/mol. The molecule has 0 spiro atoms. The maximum atomic E-state index is 12.8. The summed E-state index contributed by atoms with van der Waals surface area (Å²) in [5.74, 6) is 0.311. The molecule has 1 aromatic rings. The minimum absolute atomic E-state index is 0.0545. The van der Waals surface area contributed by atoms with Crippen molar-refractivity contribution in [2.75, 3.05) is 32.8 Å². The number of piperazine rings is 1. The number of carbonyl (C=O) groups is 1. The summed E-state index contributed by atoms with van der Waals surface area (Å²) in [5.41, 5.74) is 1.57. The van der Waals surface area contributed by atoms with Gasteiger partial charge < -0.3 is 9.64 Å². The number of nitro groups is 1. The van der Waals surface area contributed by atoms with Crippen molar-refractivity contribution in [3.05, 3.63) is 38.4 Å². The van der Waals surface area contributed by atoms with E-state index in [1.807, 2.05) is 4.90 Å². The fraction of sp³-hybridized carbons (Fsp3) is 0.632. The quantitative estimate of drug-likeness (QED) is 0.578. The molecule has 1 unspecified atom stereocenters. The van der Waals surface area contributed by atoms with E-state index in [1.54, 1.807) is 13.0 Å². The van der Waals surface area contributed by atoms with E-state index in [9.17, 15) is 14.9 Å². The molecule has 0 aliphatic carbocycles. The van der Waals surface area contributed by atoms with Gasteiger partial charge in [-0.25, -0.2) is 0 Å². The van der Waals surface area contributed by atoms with Crippen LogP contribution in [0.25, 0.3) is 0 Å². The number of ether oxygens (including phenoxy) is 1. The Morgan fingerprint density at radius 3 is 2.67 bits per heavy atom. The van der Waals surface area contributed by atoms with Gasteiger partial charge in [-0.2, -0.15) is 0 Å². The molecule has 0 saturated carbocycles. The topological polar surface area (TPSA) is 75.9 Å². The molecule has 2 aliphatic heterocycles. The summed E-state index contributed by atoms with van der Waals surface area (Å²) in [4.78, 5) is 27.9. The number of hydrogen-bond donors (Lipinski definition) is 0. The van der Waals surface area contributed by atoms with Crippen molar-refractivity contribution in [1.82, 2.24) is 9.80 Å². The SMILES string of the molecule is Cc1c(CN2CCN(C(=O)C3CCOCC3)C(C)C2)cc(Cl)cc1[N+](=O)[O-]. The molecule has 3 rings (SSSR count). The first-order valence-electron chi connectivity index (χ1n) is 9.40. The van der Waals surface area contributed by atoms with Crippen molar-refractivity contribution in [3.63, 3.8) is 0 Å². The van der Waals surface area contributed by atoms with Gasteiger partial charge in [-0.05, 0) is 38.3 Å². The summed E-state index contributed by atoms with van der Waals surface area (Å²) < 4.78 is 5.36. The van der Waals surface area contributed by atoms with E-state index in [4.69, 9.17) is 16.3 Å². The van der Waals surface area contributed by atoms with E-state index in [1.165, 1.54) is 6.07 Å². The molecular weight excluding hydrogens is 370 g/mol. The zero-order valence-electron chi connectivity index (χ0n) is 15.8. The fourth-order valence-electron chi connectivity index (χ4n) is 4.00. The Morgan fingerprint density at radius 1 is 1.33 bits per heavy atom. The molecule has 0 bridgehead atoms.